The molecule has 3 rings (SSSR count). The number of alkyl halides is 1. The molecule has 1 fully saturated rings. The van der Waals surface area contributed by atoms with Crippen LogP contribution in [0.15, 0.2) is 36.4 Å². The number of hydrogen-bond donors (Lipinski definition) is 0. The van der Waals surface area contributed by atoms with Crippen molar-refractivity contribution in [2.24, 2.45) is 0 Å². The first-order chi connectivity index (χ1) is 10.6. The van der Waals surface area contributed by atoms with Crippen LogP contribution >= 0.6 is 11.3 Å². The van der Waals surface area contributed by atoms with Crippen LogP contribution in [0, 0.1) is 0 Å². The van der Waals surface area contributed by atoms with Gasteiger partial charge in [-0.05, 0) is 42.0 Å². The van der Waals surface area contributed by atoms with Crippen LogP contribution in [0.1, 0.15) is 43.0 Å². The number of thiophene rings is 1. The van der Waals surface area contributed by atoms with Gasteiger partial charge < -0.3 is 0 Å². The van der Waals surface area contributed by atoms with E-state index >= 15 is 0 Å². The smallest absolute Gasteiger partial charge is 0.103 e. The molecule has 0 amide bonds. The van der Waals surface area contributed by atoms with E-state index in [9.17, 15) is 4.39 Å². The molecular weight excluding hydrogens is 293 g/mol. The number of piperidine rings is 1. The molecule has 0 saturated carbocycles. The number of rotatable bonds is 4. The summed E-state index contributed by atoms with van der Waals surface area (Å²) < 4.78 is 13.2. The molecule has 2 aromatic rings. The lowest BCUT2D eigenvalue weighted by Crippen LogP contribution is -2.33. The molecule has 22 heavy (non-hydrogen) atoms. The molecule has 1 aliphatic heterocycles. The molecule has 1 aromatic heterocycles. The Hall–Kier alpha value is -1.19. The maximum Gasteiger partial charge on any atom is 0.103 e. The van der Waals surface area contributed by atoms with E-state index in [1.54, 1.807) is 0 Å². The minimum Gasteiger partial charge on any atom is -0.298 e. The Bertz CT molecular complexity index is 594. The third kappa shape index (κ3) is 3.76. The van der Waals surface area contributed by atoms with Gasteiger partial charge in [0.1, 0.15) is 6.17 Å². The topological polar surface area (TPSA) is 3.24 Å². The summed E-state index contributed by atoms with van der Waals surface area (Å²) in [5, 5.41) is 0. The van der Waals surface area contributed by atoms with E-state index in [1.807, 2.05) is 11.3 Å². The van der Waals surface area contributed by atoms with E-state index in [4.69, 9.17) is 0 Å². The zero-order valence-corrected chi connectivity index (χ0v) is 14.2. The van der Waals surface area contributed by atoms with Gasteiger partial charge in [-0.3, -0.25) is 4.90 Å². The van der Waals surface area contributed by atoms with Gasteiger partial charge in [0, 0.05) is 29.4 Å². The Labute approximate surface area is 136 Å². The highest BCUT2D eigenvalue weighted by Gasteiger charge is 2.18. The van der Waals surface area contributed by atoms with Crippen molar-refractivity contribution in [2.75, 3.05) is 13.1 Å². The largest absolute Gasteiger partial charge is 0.298 e. The number of hydrogen-bond acceptors (Lipinski definition) is 2. The molecule has 0 spiro atoms. The van der Waals surface area contributed by atoms with Gasteiger partial charge in [-0.15, -0.1) is 11.3 Å². The Morgan fingerprint density at radius 3 is 2.41 bits per heavy atom. The van der Waals surface area contributed by atoms with Crippen molar-refractivity contribution in [3.63, 3.8) is 0 Å². The van der Waals surface area contributed by atoms with E-state index < -0.39 is 6.17 Å². The molecule has 1 aromatic carbocycles. The minimum atomic E-state index is -0.588. The van der Waals surface area contributed by atoms with Crippen molar-refractivity contribution in [1.82, 2.24) is 4.90 Å². The highest BCUT2D eigenvalue weighted by Crippen LogP contribution is 2.30. The Kier molecular flexibility index (Phi) is 4.94. The second kappa shape index (κ2) is 6.93. The predicted octanol–water partition coefficient (Wildman–Crippen LogP) is 5.47. The lowest BCUT2D eigenvalue weighted by atomic mass is 10.0. The molecule has 0 radical (unpaired) electrons. The zero-order valence-electron chi connectivity index (χ0n) is 13.4. The summed E-state index contributed by atoms with van der Waals surface area (Å²) in [4.78, 5) is 5.07. The molecular formula is C19H24FNS. The maximum absolute atomic E-state index is 13.2. The average molecular weight is 317 g/mol. The van der Waals surface area contributed by atoms with Crippen molar-refractivity contribution in [3.8, 4) is 10.4 Å². The molecule has 118 valence electrons. The third-order valence-electron chi connectivity index (χ3n) is 4.42. The van der Waals surface area contributed by atoms with Gasteiger partial charge in [0.25, 0.3) is 0 Å². The van der Waals surface area contributed by atoms with Crippen molar-refractivity contribution in [1.29, 1.82) is 0 Å². The fourth-order valence-electron chi connectivity index (χ4n) is 2.93. The summed E-state index contributed by atoms with van der Waals surface area (Å²) >= 11 is 1.86. The first kappa shape index (κ1) is 15.7. The maximum atomic E-state index is 13.2. The molecule has 0 bridgehead atoms. The van der Waals surface area contributed by atoms with Crippen LogP contribution in [0.5, 0.6) is 0 Å². The van der Waals surface area contributed by atoms with E-state index in [-0.39, 0.29) is 0 Å². The van der Waals surface area contributed by atoms with Crippen LogP contribution in [0.4, 0.5) is 4.39 Å². The van der Waals surface area contributed by atoms with Crippen LogP contribution in [0.3, 0.4) is 0 Å². The van der Waals surface area contributed by atoms with Gasteiger partial charge in [0.05, 0.1) is 0 Å². The Morgan fingerprint density at radius 1 is 1.09 bits per heavy atom. The quantitative estimate of drug-likeness (QED) is 0.722. The SMILES string of the molecule is CC(C)c1ccc(-c2ccc(CN3CCC(F)CC3)s2)cc1. The minimum absolute atomic E-state index is 0.575. The third-order valence-corrected chi connectivity index (χ3v) is 5.54. The van der Waals surface area contributed by atoms with Crippen molar-refractivity contribution < 1.29 is 4.39 Å². The highest BCUT2D eigenvalue weighted by atomic mass is 32.1. The van der Waals surface area contributed by atoms with Crippen molar-refractivity contribution in [2.45, 2.75) is 45.3 Å². The molecule has 1 aliphatic rings. The molecule has 2 heterocycles. The van der Waals surface area contributed by atoms with E-state index in [0.29, 0.717) is 18.8 Å². The fraction of sp³-hybridized carbons (Fsp3) is 0.474. The van der Waals surface area contributed by atoms with Crippen LogP contribution in [0.25, 0.3) is 10.4 Å². The lowest BCUT2D eigenvalue weighted by molar-refractivity contribution is 0.146. The van der Waals surface area contributed by atoms with E-state index in [0.717, 1.165) is 19.6 Å². The second-order valence-electron chi connectivity index (χ2n) is 6.49. The van der Waals surface area contributed by atoms with Gasteiger partial charge in [0.15, 0.2) is 0 Å². The number of halogens is 1. The molecule has 0 aliphatic carbocycles. The average Bonchev–Trinajstić information content (AvgIpc) is 2.98. The van der Waals surface area contributed by atoms with Gasteiger partial charge in [-0.2, -0.15) is 0 Å². The van der Waals surface area contributed by atoms with Gasteiger partial charge in [-0.25, -0.2) is 4.39 Å². The summed E-state index contributed by atoms with van der Waals surface area (Å²) in [6, 6.07) is 13.3. The molecule has 1 saturated heterocycles. The van der Waals surface area contributed by atoms with Crippen molar-refractivity contribution in [3.05, 3.63) is 46.8 Å². The molecule has 0 unspecified atom stereocenters. The molecule has 0 atom stereocenters. The van der Waals surface area contributed by atoms with Gasteiger partial charge in [-0.1, -0.05) is 38.1 Å². The number of likely N-dealkylation sites (tertiary alicyclic amines) is 1. The summed E-state index contributed by atoms with van der Waals surface area (Å²) in [5.41, 5.74) is 2.68. The number of benzene rings is 1. The highest BCUT2D eigenvalue weighted by molar-refractivity contribution is 7.15. The molecule has 0 N–H and O–H groups in total. The van der Waals surface area contributed by atoms with E-state index in [1.165, 1.54) is 20.9 Å². The predicted molar refractivity (Wildman–Crippen MR) is 93.3 cm³/mol. The monoisotopic (exact) mass is 317 g/mol. The molecule has 1 nitrogen and oxygen atoms in total. The van der Waals surface area contributed by atoms with Crippen LogP contribution in [-0.4, -0.2) is 24.2 Å². The first-order valence-corrected chi connectivity index (χ1v) is 8.99. The van der Waals surface area contributed by atoms with Gasteiger partial charge in [0.2, 0.25) is 0 Å². The van der Waals surface area contributed by atoms with Crippen LogP contribution in [-0.2, 0) is 6.54 Å². The lowest BCUT2D eigenvalue weighted by Gasteiger charge is -2.27. The van der Waals surface area contributed by atoms with Crippen molar-refractivity contribution >= 4 is 11.3 Å². The summed E-state index contributed by atoms with van der Waals surface area (Å²) in [6.07, 6.45) is 0.790. The van der Waals surface area contributed by atoms with E-state index in [2.05, 4.69) is 55.1 Å². The number of nitrogens with zero attached hydrogens (tertiary/aromatic N) is 1. The normalized spacial score (nSPS) is 17.3. The van der Waals surface area contributed by atoms with Crippen LogP contribution in [0.2, 0.25) is 0 Å². The Morgan fingerprint density at radius 2 is 1.77 bits per heavy atom. The summed E-state index contributed by atoms with van der Waals surface area (Å²) in [5.74, 6) is 0.575. The van der Waals surface area contributed by atoms with Gasteiger partial charge >= 0.3 is 0 Å². The Balaban J connectivity index is 1.65. The summed E-state index contributed by atoms with van der Waals surface area (Å²) in [7, 11) is 0. The standard InChI is InChI=1S/C19H24FNS/c1-14(2)15-3-5-16(6-4-15)19-8-7-18(22-19)13-21-11-9-17(20)10-12-21/h3-8,14,17H,9-13H2,1-2H3. The summed E-state index contributed by atoms with van der Waals surface area (Å²) in [6.45, 7) is 7.17. The zero-order chi connectivity index (χ0) is 15.5. The van der Waals surface area contributed by atoms with Crippen LogP contribution < -0.4 is 0 Å². The molecule has 3 heteroatoms. The first-order valence-electron chi connectivity index (χ1n) is 8.17. The fourth-order valence-corrected chi connectivity index (χ4v) is 3.99. The second-order valence-corrected chi connectivity index (χ2v) is 7.66.